The average Bonchev–Trinajstić information content (AvgIpc) is 2.88. The van der Waals surface area contributed by atoms with Crippen LogP contribution in [0, 0.1) is 0 Å². The predicted octanol–water partition coefficient (Wildman–Crippen LogP) is 7.30. The number of alkyl halides is 6. The summed E-state index contributed by atoms with van der Waals surface area (Å²) in [5, 5.41) is 0. The van der Waals surface area contributed by atoms with E-state index >= 15 is 0 Å². The largest absolute Gasteiger partial charge is 0.487 e. The van der Waals surface area contributed by atoms with Crippen molar-refractivity contribution in [2.24, 2.45) is 0 Å². The van der Waals surface area contributed by atoms with E-state index in [1.54, 1.807) is 12.1 Å². The van der Waals surface area contributed by atoms with E-state index < -0.39 is 38.9 Å². The Bertz CT molecular complexity index is 1490. The molecule has 1 saturated heterocycles. The van der Waals surface area contributed by atoms with Crippen LogP contribution < -0.4 is 4.74 Å². The van der Waals surface area contributed by atoms with Gasteiger partial charge >= 0.3 is 12.4 Å². The lowest BCUT2D eigenvalue weighted by Gasteiger charge is -2.44. The standard InChI is InChI=1S/C30H29F6NO3S/c1-41(38,39)19-20-2-4-22(5-3-20)23-6-7-27-24(16-23)8-9-28(40-27)10-12-37(13-11-28)18-21-14-25(29(31,32)33)17-26(15-21)30(34,35)36/h2-7,14-17H,8-13,18-19H2,1H3. The predicted molar refractivity (Wildman–Crippen MR) is 143 cm³/mol. The van der Waals surface area contributed by atoms with Crippen molar-refractivity contribution in [1.29, 1.82) is 0 Å². The van der Waals surface area contributed by atoms with Crippen LogP contribution in [0.15, 0.2) is 60.7 Å². The summed E-state index contributed by atoms with van der Waals surface area (Å²) >= 11 is 0. The molecule has 0 unspecified atom stereocenters. The molecule has 1 fully saturated rings. The minimum absolute atomic E-state index is 0.00793. The smallest absolute Gasteiger partial charge is 0.416 e. The highest BCUT2D eigenvalue weighted by Gasteiger charge is 2.40. The summed E-state index contributed by atoms with van der Waals surface area (Å²) in [4.78, 5) is 1.87. The van der Waals surface area contributed by atoms with Crippen molar-refractivity contribution >= 4 is 9.84 Å². The van der Waals surface area contributed by atoms with Crippen LogP contribution in [0.5, 0.6) is 5.75 Å². The molecule has 1 spiro atoms. The van der Waals surface area contributed by atoms with Gasteiger partial charge in [-0.2, -0.15) is 26.3 Å². The fraction of sp³-hybridized carbons (Fsp3) is 0.400. The molecule has 2 aliphatic heterocycles. The van der Waals surface area contributed by atoms with Crippen LogP contribution in [-0.2, 0) is 40.9 Å². The molecule has 0 amide bonds. The van der Waals surface area contributed by atoms with Gasteiger partial charge < -0.3 is 4.74 Å². The van der Waals surface area contributed by atoms with Crippen LogP contribution in [0.3, 0.4) is 0 Å². The minimum atomic E-state index is -4.87. The number of hydrogen-bond donors (Lipinski definition) is 0. The maximum atomic E-state index is 13.2. The molecule has 3 aromatic carbocycles. The molecular formula is C30H29F6NO3S. The second kappa shape index (κ2) is 10.7. The van der Waals surface area contributed by atoms with Crippen molar-refractivity contribution in [3.63, 3.8) is 0 Å². The van der Waals surface area contributed by atoms with Gasteiger partial charge in [-0.3, -0.25) is 4.90 Å². The number of likely N-dealkylation sites (tertiary alicyclic amines) is 1. The zero-order chi connectivity index (χ0) is 29.6. The number of halogens is 6. The van der Waals surface area contributed by atoms with Gasteiger partial charge in [0, 0.05) is 25.9 Å². The number of piperidine rings is 1. The van der Waals surface area contributed by atoms with Crippen LogP contribution >= 0.6 is 0 Å². The van der Waals surface area contributed by atoms with E-state index in [4.69, 9.17) is 4.74 Å². The van der Waals surface area contributed by atoms with E-state index in [9.17, 15) is 34.8 Å². The zero-order valence-electron chi connectivity index (χ0n) is 22.3. The Hall–Kier alpha value is -3.05. The highest BCUT2D eigenvalue weighted by atomic mass is 32.2. The summed E-state index contributed by atoms with van der Waals surface area (Å²) in [6, 6.07) is 15.1. The van der Waals surface area contributed by atoms with E-state index in [1.165, 1.54) is 6.26 Å². The molecule has 0 aromatic heterocycles. The third kappa shape index (κ3) is 7.06. The number of ether oxygens (including phenoxy) is 1. The van der Waals surface area contributed by atoms with Crippen molar-refractivity contribution in [3.8, 4) is 16.9 Å². The van der Waals surface area contributed by atoms with E-state index in [1.807, 2.05) is 29.2 Å². The van der Waals surface area contributed by atoms with Crippen LogP contribution in [0.25, 0.3) is 11.1 Å². The summed E-state index contributed by atoms with van der Waals surface area (Å²) in [7, 11) is -3.12. The first-order valence-corrected chi connectivity index (χ1v) is 15.2. The molecule has 2 aliphatic rings. The van der Waals surface area contributed by atoms with Gasteiger partial charge in [0.1, 0.15) is 11.4 Å². The van der Waals surface area contributed by atoms with Crippen molar-refractivity contribution in [3.05, 3.63) is 88.5 Å². The molecule has 2 heterocycles. The summed E-state index contributed by atoms with van der Waals surface area (Å²) in [5.41, 5.74) is 0.683. The van der Waals surface area contributed by atoms with Gasteiger partial charge in [0.2, 0.25) is 0 Å². The highest BCUT2D eigenvalue weighted by Crippen LogP contribution is 2.42. The lowest BCUT2D eigenvalue weighted by atomic mass is 9.82. The van der Waals surface area contributed by atoms with Crippen LogP contribution in [0.2, 0.25) is 0 Å². The quantitative estimate of drug-likeness (QED) is 0.290. The third-order valence-corrected chi connectivity index (χ3v) is 8.63. The Kier molecular flexibility index (Phi) is 7.65. The number of benzene rings is 3. The summed E-state index contributed by atoms with van der Waals surface area (Å²) in [5.74, 6) is 0.758. The Morgan fingerprint density at radius 2 is 1.37 bits per heavy atom. The van der Waals surface area contributed by atoms with E-state index in [-0.39, 0.29) is 23.9 Å². The molecule has 11 heteroatoms. The molecule has 4 nitrogen and oxygen atoms in total. The molecule has 0 N–H and O–H groups in total. The number of sulfone groups is 1. The normalized spacial score (nSPS) is 17.7. The molecule has 0 atom stereocenters. The molecule has 0 radical (unpaired) electrons. The molecular weight excluding hydrogens is 568 g/mol. The second-order valence-corrected chi connectivity index (χ2v) is 13.2. The number of rotatable bonds is 5. The second-order valence-electron chi connectivity index (χ2n) is 11.1. The monoisotopic (exact) mass is 597 g/mol. The minimum Gasteiger partial charge on any atom is -0.487 e. The van der Waals surface area contributed by atoms with Crippen LogP contribution in [0.4, 0.5) is 26.3 Å². The molecule has 0 bridgehead atoms. The van der Waals surface area contributed by atoms with Gasteiger partial charge in [0.25, 0.3) is 0 Å². The summed E-state index contributed by atoms with van der Waals surface area (Å²) < 4.78 is 109. The fourth-order valence-electron chi connectivity index (χ4n) is 5.64. The SMILES string of the molecule is CS(=O)(=O)Cc1ccc(-c2ccc3c(c2)CCC2(CCN(Cc4cc(C(F)(F)F)cc(C(F)(F)F)c4)CC2)O3)cc1. The Balaban J connectivity index is 1.24. The number of fused-ring (bicyclic) bond motifs is 1. The average molecular weight is 598 g/mol. The van der Waals surface area contributed by atoms with Gasteiger partial charge in [-0.25, -0.2) is 8.42 Å². The van der Waals surface area contributed by atoms with Crippen molar-refractivity contribution < 1.29 is 39.5 Å². The molecule has 0 saturated carbocycles. The lowest BCUT2D eigenvalue weighted by Crippen LogP contribution is -2.49. The maximum absolute atomic E-state index is 13.2. The van der Waals surface area contributed by atoms with E-state index in [0.717, 1.165) is 53.0 Å². The number of nitrogens with zero attached hydrogens (tertiary/aromatic N) is 1. The maximum Gasteiger partial charge on any atom is 0.416 e. The zero-order valence-corrected chi connectivity index (χ0v) is 23.1. The van der Waals surface area contributed by atoms with Crippen molar-refractivity contribution in [1.82, 2.24) is 4.90 Å². The van der Waals surface area contributed by atoms with Crippen molar-refractivity contribution in [2.75, 3.05) is 19.3 Å². The third-order valence-electron chi connectivity index (χ3n) is 7.77. The van der Waals surface area contributed by atoms with Gasteiger partial charge in [0.05, 0.1) is 16.9 Å². The van der Waals surface area contributed by atoms with Crippen LogP contribution in [0.1, 0.15) is 47.1 Å². The topological polar surface area (TPSA) is 46.6 Å². The summed E-state index contributed by atoms with van der Waals surface area (Å²) in [6.45, 7) is 0.974. The number of hydrogen-bond acceptors (Lipinski definition) is 4. The fourth-order valence-corrected chi connectivity index (χ4v) is 6.43. The van der Waals surface area contributed by atoms with Gasteiger partial charge in [-0.05, 0) is 83.8 Å². The summed E-state index contributed by atoms with van der Waals surface area (Å²) in [6.07, 6.45) is -5.78. The molecule has 41 heavy (non-hydrogen) atoms. The first-order chi connectivity index (χ1) is 19.1. The van der Waals surface area contributed by atoms with E-state index in [2.05, 4.69) is 6.07 Å². The number of aryl methyl sites for hydroxylation is 1. The van der Waals surface area contributed by atoms with E-state index in [0.29, 0.717) is 25.9 Å². The molecule has 220 valence electrons. The Morgan fingerprint density at radius 3 is 1.93 bits per heavy atom. The molecule has 3 aromatic rings. The molecule has 5 rings (SSSR count). The van der Waals surface area contributed by atoms with Crippen molar-refractivity contribution in [2.45, 2.75) is 55.9 Å². The first kappa shape index (κ1) is 29.4. The highest BCUT2D eigenvalue weighted by molar-refractivity contribution is 7.89. The Labute approximate surface area is 234 Å². The first-order valence-electron chi connectivity index (χ1n) is 13.2. The lowest BCUT2D eigenvalue weighted by molar-refractivity contribution is -0.143. The van der Waals surface area contributed by atoms with Crippen LogP contribution in [-0.4, -0.2) is 38.3 Å². The van der Waals surface area contributed by atoms with Gasteiger partial charge in [0.15, 0.2) is 9.84 Å². The Morgan fingerprint density at radius 1 is 0.780 bits per heavy atom. The van der Waals surface area contributed by atoms with Gasteiger partial charge in [-0.15, -0.1) is 0 Å². The molecule has 0 aliphatic carbocycles. The van der Waals surface area contributed by atoms with Gasteiger partial charge in [-0.1, -0.05) is 30.3 Å².